The van der Waals surface area contributed by atoms with E-state index in [0.717, 1.165) is 24.0 Å². The van der Waals surface area contributed by atoms with Crippen LogP contribution in [0.5, 0.6) is 0 Å². The van der Waals surface area contributed by atoms with Crippen LogP contribution in [-0.2, 0) is 14.8 Å². The molecule has 2 aliphatic rings. The fraction of sp³-hybridized carbons (Fsp3) is 0.211. The molecule has 0 spiro atoms. The summed E-state index contributed by atoms with van der Waals surface area (Å²) in [7, 11) is -3.79. The Morgan fingerprint density at radius 1 is 0.962 bits per heavy atom. The number of amides is 1. The van der Waals surface area contributed by atoms with Gasteiger partial charge in [-0.3, -0.25) is 4.79 Å². The fourth-order valence-electron chi connectivity index (χ4n) is 3.27. The van der Waals surface area contributed by atoms with Gasteiger partial charge >= 0.3 is 0 Å². The van der Waals surface area contributed by atoms with Crippen LogP contribution >= 0.6 is 0 Å². The lowest BCUT2D eigenvalue weighted by atomic mass is 9.97. The van der Waals surface area contributed by atoms with Crippen molar-refractivity contribution < 1.29 is 17.6 Å². The number of primary sulfonamides is 1. The molecule has 2 aromatic carbocycles. The summed E-state index contributed by atoms with van der Waals surface area (Å²) in [6.45, 7) is 0.474. The lowest BCUT2D eigenvalue weighted by Gasteiger charge is -2.15. The second kappa shape index (κ2) is 6.03. The van der Waals surface area contributed by atoms with Gasteiger partial charge in [-0.2, -0.15) is 0 Å². The van der Waals surface area contributed by atoms with Crippen molar-refractivity contribution in [3.8, 4) is 0 Å². The first-order chi connectivity index (χ1) is 12.3. The van der Waals surface area contributed by atoms with Crippen molar-refractivity contribution in [3.63, 3.8) is 0 Å². The first kappa shape index (κ1) is 16.9. The standard InChI is InChI=1S/C19H17FN2O3S/c20-14-5-1-12(2-6-14)17-11-22(15-7-8-15)19(23)18(17)13-3-9-16(10-4-13)26(21,24)25/h1-6,9-10,15H,7-8,11H2,(H2,21,24,25). The molecular formula is C19H17FN2O3S. The van der Waals surface area contributed by atoms with Crippen LogP contribution in [-0.4, -0.2) is 31.8 Å². The summed E-state index contributed by atoms with van der Waals surface area (Å²) in [6.07, 6.45) is 1.97. The zero-order chi connectivity index (χ0) is 18.5. The van der Waals surface area contributed by atoms with Crippen LogP contribution in [0.1, 0.15) is 24.0 Å². The molecule has 0 bridgehead atoms. The number of hydrogen-bond acceptors (Lipinski definition) is 3. The molecule has 0 unspecified atom stereocenters. The van der Waals surface area contributed by atoms with Crippen molar-refractivity contribution in [3.05, 3.63) is 65.5 Å². The SMILES string of the molecule is NS(=O)(=O)c1ccc(C2=C(c3ccc(F)cc3)CN(C3CC3)C2=O)cc1. The molecule has 1 amide bonds. The van der Waals surface area contributed by atoms with E-state index in [1.807, 2.05) is 4.90 Å². The summed E-state index contributed by atoms with van der Waals surface area (Å²) in [5.74, 6) is -0.410. The van der Waals surface area contributed by atoms with Crippen LogP contribution in [0.3, 0.4) is 0 Å². The van der Waals surface area contributed by atoms with Crippen LogP contribution in [0, 0.1) is 5.82 Å². The zero-order valence-electron chi connectivity index (χ0n) is 13.9. The second-order valence-electron chi connectivity index (χ2n) is 6.59. The van der Waals surface area contributed by atoms with E-state index < -0.39 is 10.0 Å². The van der Waals surface area contributed by atoms with Gasteiger partial charge in [0.25, 0.3) is 5.91 Å². The van der Waals surface area contributed by atoms with E-state index in [1.54, 1.807) is 24.3 Å². The molecule has 2 N–H and O–H groups in total. The third-order valence-corrected chi connectivity index (χ3v) is 5.69. The van der Waals surface area contributed by atoms with E-state index in [9.17, 15) is 17.6 Å². The Morgan fingerprint density at radius 2 is 1.54 bits per heavy atom. The van der Waals surface area contributed by atoms with Gasteiger partial charge in [-0.05, 0) is 53.8 Å². The van der Waals surface area contributed by atoms with Crippen LogP contribution in [0.15, 0.2) is 53.4 Å². The molecule has 1 aliphatic heterocycles. The maximum absolute atomic E-state index is 13.3. The Balaban J connectivity index is 1.80. The van der Waals surface area contributed by atoms with E-state index in [-0.39, 0.29) is 22.7 Å². The van der Waals surface area contributed by atoms with Gasteiger partial charge in [-0.15, -0.1) is 0 Å². The highest BCUT2D eigenvalue weighted by Crippen LogP contribution is 2.40. The zero-order valence-corrected chi connectivity index (χ0v) is 14.7. The Morgan fingerprint density at radius 3 is 2.08 bits per heavy atom. The monoisotopic (exact) mass is 372 g/mol. The molecule has 2 aromatic rings. The van der Waals surface area contributed by atoms with Gasteiger partial charge in [0.2, 0.25) is 10.0 Å². The van der Waals surface area contributed by atoms with E-state index in [4.69, 9.17) is 5.14 Å². The molecule has 0 aromatic heterocycles. The van der Waals surface area contributed by atoms with Crippen LogP contribution in [0.2, 0.25) is 0 Å². The molecule has 134 valence electrons. The molecule has 4 rings (SSSR count). The van der Waals surface area contributed by atoms with Crippen molar-refractivity contribution in [2.75, 3.05) is 6.54 Å². The van der Waals surface area contributed by atoms with Gasteiger partial charge in [0.15, 0.2) is 0 Å². The molecule has 1 fully saturated rings. The smallest absolute Gasteiger partial charge is 0.255 e. The van der Waals surface area contributed by atoms with Gasteiger partial charge in [0.1, 0.15) is 5.82 Å². The second-order valence-corrected chi connectivity index (χ2v) is 8.16. The average molecular weight is 372 g/mol. The summed E-state index contributed by atoms with van der Waals surface area (Å²) < 4.78 is 36.2. The predicted molar refractivity (Wildman–Crippen MR) is 95.8 cm³/mol. The minimum absolute atomic E-state index is 0.00493. The maximum atomic E-state index is 13.3. The predicted octanol–water partition coefficient (Wildman–Crippen LogP) is 2.39. The van der Waals surface area contributed by atoms with Crippen molar-refractivity contribution in [2.24, 2.45) is 5.14 Å². The summed E-state index contributed by atoms with van der Waals surface area (Å²) >= 11 is 0. The number of benzene rings is 2. The number of nitrogens with zero attached hydrogens (tertiary/aromatic N) is 1. The summed E-state index contributed by atoms with van der Waals surface area (Å²) in [5, 5.41) is 5.14. The molecule has 1 aliphatic carbocycles. The maximum Gasteiger partial charge on any atom is 0.255 e. The molecule has 0 saturated heterocycles. The molecule has 0 atom stereocenters. The van der Waals surface area contributed by atoms with E-state index in [0.29, 0.717) is 17.7 Å². The van der Waals surface area contributed by atoms with Crippen LogP contribution in [0.4, 0.5) is 4.39 Å². The molecule has 0 radical (unpaired) electrons. The van der Waals surface area contributed by atoms with Gasteiger partial charge in [-0.25, -0.2) is 17.9 Å². The topological polar surface area (TPSA) is 80.5 Å². The number of carbonyl (C=O) groups is 1. The van der Waals surface area contributed by atoms with E-state index >= 15 is 0 Å². The first-order valence-electron chi connectivity index (χ1n) is 8.28. The molecular weight excluding hydrogens is 355 g/mol. The lowest BCUT2D eigenvalue weighted by Crippen LogP contribution is -2.29. The Kier molecular flexibility index (Phi) is 3.93. The minimum Gasteiger partial charge on any atom is -0.331 e. The average Bonchev–Trinajstić information content (AvgIpc) is 3.38. The highest BCUT2D eigenvalue weighted by Gasteiger charge is 2.40. The van der Waals surface area contributed by atoms with Crippen LogP contribution in [0.25, 0.3) is 11.1 Å². The van der Waals surface area contributed by atoms with E-state index in [1.165, 1.54) is 24.3 Å². The number of halogens is 1. The van der Waals surface area contributed by atoms with Gasteiger partial charge in [-0.1, -0.05) is 24.3 Å². The molecule has 1 heterocycles. The van der Waals surface area contributed by atoms with Crippen LogP contribution < -0.4 is 5.14 Å². The molecule has 7 heteroatoms. The Bertz CT molecular complexity index is 1010. The van der Waals surface area contributed by atoms with Crippen molar-refractivity contribution in [1.82, 2.24) is 4.90 Å². The number of nitrogens with two attached hydrogens (primary N) is 1. The highest BCUT2D eigenvalue weighted by molar-refractivity contribution is 7.89. The first-order valence-corrected chi connectivity index (χ1v) is 9.82. The third kappa shape index (κ3) is 3.04. The van der Waals surface area contributed by atoms with Crippen molar-refractivity contribution in [1.29, 1.82) is 0 Å². The number of rotatable bonds is 4. The normalized spacial score (nSPS) is 17.9. The quantitative estimate of drug-likeness (QED) is 0.895. The minimum atomic E-state index is -3.79. The Hall–Kier alpha value is -2.51. The molecule has 1 saturated carbocycles. The Labute approximate surface area is 151 Å². The summed E-state index contributed by atoms with van der Waals surface area (Å²) in [5.41, 5.74) is 2.77. The van der Waals surface area contributed by atoms with Crippen molar-refractivity contribution >= 4 is 27.1 Å². The molecule has 26 heavy (non-hydrogen) atoms. The highest BCUT2D eigenvalue weighted by atomic mass is 32.2. The van der Waals surface area contributed by atoms with Crippen molar-refractivity contribution in [2.45, 2.75) is 23.8 Å². The largest absolute Gasteiger partial charge is 0.331 e. The van der Waals surface area contributed by atoms with Gasteiger partial charge in [0.05, 0.1) is 10.5 Å². The van der Waals surface area contributed by atoms with Gasteiger partial charge < -0.3 is 4.90 Å². The number of hydrogen-bond donors (Lipinski definition) is 1. The summed E-state index contributed by atoms with van der Waals surface area (Å²) in [6, 6.07) is 12.3. The van der Waals surface area contributed by atoms with E-state index in [2.05, 4.69) is 0 Å². The number of carbonyl (C=O) groups excluding carboxylic acids is 1. The summed E-state index contributed by atoms with van der Waals surface area (Å²) in [4.78, 5) is 14.8. The lowest BCUT2D eigenvalue weighted by molar-refractivity contribution is -0.124. The third-order valence-electron chi connectivity index (χ3n) is 4.76. The molecule has 5 nitrogen and oxygen atoms in total. The van der Waals surface area contributed by atoms with Gasteiger partial charge in [0, 0.05) is 12.6 Å². The number of sulfonamides is 1. The fourth-order valence-corrected chi connectivity index (χ4v) is 3.79.